The number of hydrogen-bond donors (Lipinski definition) is 2. The minimum atomic E-state index is -4.44. The Morgan fingerprint density at radius 2 is 1.66 bits per heavy atom. The van der Waals surface area contributed by atoms with Gasteiger partial charge in [0.1, 0.15) is 6.10 Å². The number of piperidine rings is 2. The minimum Gasteiger partial charge on any atom is -0.450 e. The van der Waals surface area contributed by atoms with Crippen molar-refractivity contribution in [2.45, 2.75) is 43.6 Å². The summed E-state index contributed by atoms with van der Waals surface area (Å²) < 4.78 is 43.3. The minimum absolute atomic E-state index is 0.0846. The maximum Gasteiger partial charge on any atom is 0.506 e. The SMILES string of the molecule is O=C(O)OC1CC(c2ccc(C(F)(F)F)cc2)CN(C(=O)N2CCC(O)CC2)C1. The number of carbonyl (C=O) groups is 2. The van der Waals surface area contributed by atoms with Gasteiger partial charge in [0.25, 0.3) is 0 Å². The number of aliphatic hydroxyl groups excluding tert-OH is 1. The van der Waals surface area contributed by atoms with E-state index in [1.54, 1.807) is 4.90 Å². The highest BCUT2D eigenvalue weighted by Gasteiger charge is 2.36. The van der Waals surface area contributed by atoms with E-state index in [1.165, 1.54) is 17.0 Å². The fourth-order valence-corrected chi connectivity index (χ4v) is 3.88. The van der Waals surface area contributed by atoms with Gasteiger partial charge in [0.2, 0.25) is 0 Å². The lowest BCUT2D eigenvalue weighted by Gasteiger charge is -2.41. The van der Waals surface area contributed by atoms with Gasteiger partial charge >= 0.3 is 18.4 Å². The first-order chi connectivity index (χ1) is 13.6. The topological polar surface area (TPSA) is 90.3 Å². The van der Waals surface area contributed by atoms with Crippen LogP contribution in [0.15, 0.2) is 24.3 Å². The number of carbonyl (C=O) groups excluding carboxylic acids is 1. The highest BCUT2D eigenvalue weighted by atomic mass is 19.4. The molecule has 0 spiro atoms. The van der Waals surface area contributed by atoms with E-state index in [4.69, 9.17) is 9.84 Å². The van der Waals surface area contributed by atoms with Crippen LogP contribution in [0.25, 0.3) is 0 Å². The summed E-state index contributed by atoms with van der Waals surface area (Å²) in [6, 6.07) is 4.39. The molecule has 2 aliphatic heterocycles. The maximum absolute atomic E-state index is 12.9. The van der Waals surface area contributed by atoms with Crippen LogP contribution in [0.1, 0.15) is 36.3 Å². The maximum atomic E-state index is 12.9. The van der Waals surface area contributed by atoms with E-state index >= 15 is 0 Å². The molecular formula is C19H23F3N2O5. The van der Waals surface area contributed by atoms with Crippen LogP contribution in [-0.2, 0) is 10.9 Å². The normalized spacial score (nSPS) is 23.7. The second kappa shape index (κ2) is 8.48. The average Bonchev–Trinajstić information content (AvgIpc) is 2.66. The van der Waals surface area contributed by atoms with Gasteiger partial charge < -0.3 is 24.7 Å². The van der Waals surface area contributed by atoms with Crippen LogP contribution in [0.4, 0.5) is 22.8 Å². The summed E-state index contributed by atoms with van der Waals surface area (Å²) in [6.07, 6.45) is -5.90. The van der Waals surface area contributed by atoms with Gasteiger partial charge in [0.15, 0.2) is 0 Å². The number of amides is 2. The molecule has 7 nitrogen and oxygen atoms in total. The number of nitrogens with zero attached hydrogens (tertiary/aromatic N) is 2. The molecule has 2 saturated heterocycles. The lowest BCUT2D eigenvalue weighted by atomic mass is 9.88. The van der Waals surface area contributed by atoms with E-state index in [-0.39, 0.29) is 31.5 Å². The van der Waals surface area contributed by atoms with Crippen molar-refractivity contribution in [3.8, 4) is 0 Å². The van der Waals surface area contributed by atoms with Crippen molar-refractivity contribution in [1.82, 2.24) is 9.80 Å². The molecule has 2 amide bonds. The molecule has 29 heavy (non-hydrogen) atoms. The Labute approximate surface area is 165 Å². The van der Waals surface area contributed by atoms with Crippen molar-refractivity contribution >= 4 is 12.2 Å². The zero-order valence-corrected chi connectivity index (χ0v) is 15.6. The number of hydrogen-bond acceptors (Lipinski definition) is 4. The predicted molar refractivity (Wildman–Crippen MR) is 95.5 cm³/mol. The van der Waals surface area contributed by atoms with Crippen molar-refractivity contribution < 1.29 is 37.7 Å². The fraction of sp³-hybridized carbons (Fsp3) is 0.579. The van der Waals surface area contributed by atoms with Gasteiger partial charge in [-0.25, -0.2) is 9.59 Å². The van der Waals surface area contributed by atoms with Crippen molar-refractivity contribution in [2.24, 2.45) is 0 Å². The highest BCUT2D eigenvalue weighted by molar-refractivity contribution is 5.75. The molecule has 0 saturated carbocycles. The van der Waals surface area contributed by atoms with Gasteiger partial charge in [-0.15, -0.1) is 0 Å². The summed E-state index contributed by atoms with van der Waals surface area (Å²) in [5.41, 5.74) is -0.182. The number of aliphatic hydroxyl groups is 1. The summed E-state index contributed by atoms with van der Waals surface area (Å²) in [7, 11) is 0. The Balaban J connectivity index is 1.76. The van der Waals surface area contributed by atoms with Crippen LogP contribution >= 0.6 is 0 Å². The lowest BCUT2D eigenvalue weighted by molar-refractivity contribution is -0.137. The summed E-state index contributed by atoms with van der Waals surface area (Å²) in [6.45, 7) is 1.13. The predicted octanol–water partition coefficient (Wildman–Crippen LogP) is 3.13. The van der Waals surface area contributed by atoms with E-state index in [1.807, 2.05) is 0 Å². The van der Waals surface area contributed by atoms with E-state index < -0.39 is 30.1 Å². The Hall–Kier alpha value is -2.49. The molecule has 0 bridgehead atoms. The molecular weight excluding hydrogens is 393 g/mol. The molecule has 1 aromatic carbocycles. The Morgan fingerprint density at radius 1 is 1.03 bits per heavy atom. The monoisotopic (exact) mass is 416 g/mol. The standard InChI is InChI=1S/C19H23F3N2O5/c20-19(21,22)14-3-1-12(2-4-14)13-9-16(29-18(27)28)11-24(10-13)17(26)23-7-5-15(25)6-8-23/h1-4,13,15-16,25H,5-11H2,(H,27,28). The molecule has 2 atom stereocenters. The summed E-state index contributed by atoms with van der Waals surface area (Å²) in [4.78, 5) is 26.9. The molecule has 2 aliphatic rings. The first kappa shape index (κ1) is 21.2. The number of ether oxygens (including phenoxy) is 1. The molecule has 3 rings (SSSR count). The van der Waals surface area contributed by atoms with Gasteiger partial charge in [-0.2, -0.15) is 13.2 Å². The van der Waals surface area contributed by atoms with Crippen LogP contribution in [0, 0.1) is 0 Å². The van der Waals surface area contributed by atoms with Gasteiger partial charge in [0.05, 0.1) is 18.2 Å². The first-order valence-electron chi connectivity index (χ1n) is 9.42. The number of benzene rings is 1. The molecule has 0 aromatic heterocycles. The Morgan fingerprint density at radius 3 is 2.21 bits per heavy atom. The van der Waals surface area contributed by atoms with E-state index in [9.17, 15) is 27.9 Å². The summed E-state index contributed by atoms with van der Waals surface area (Å²) >= 11 is 0. The second-order valence-corrected chi connectivity index (χ2v) is 7.46. The number of halogens is 3. The third-order valence-electron chi connectivity index (χ3n) is 5.39. The second-order valence-electron chi connectivity index (χ2n) is 7.46. The number of alkyl halides is 3. The van der Waals surface area contributed by atoms with E-state index in [2.05, 4.69) is 0 Å². The van der Waals surface area contributed by atoms with Crippen LogP contribution in [0.5, 0.6) is 0 Å². The van der Waals surface area contributed by atoms with Gasteiger partial charge in [-0.1, -0.05) is 12.1 Å². The van der Waals surface area contributed by atoms with Gasteiger partial charge in [0, 0.05) is 25.6 Å². The van der Waals surface area contributed by atoms with Crippen LogP contribution in [0.2, 0.25) is 0 Å². The largest absolute Gasteiger partial charge is 0.506 e. The van der Waals surface area contributed by atoms with Gasteiger partial charge in [-0.3, -0.25) is 0 Å². The fourth-order valence-electron chi connectivity index (χ4n) is 3.88. The molecule has 160 valence electrons. The molecule has 0 radical (unpaired) electrons. The van der Waals surface area contributed by atoms with Crippen molar-refractivity contribution in [3.05, 3.63) is 35.4 Å². The number of carboxylic acid groups (broad SMARTS) is 1. The molecule has 2 N–H and O–H groups in total. The highest BCUT2D eigenvalue weighted by Crippen LogP contribution is 2.33. The number of rotatable bonds is 2. The molecule has 10 heteroatoms. The summed E-state index contributed by atoms with van der Waals surface area (Å²) in [5.74, 6) is -0.352. The third kappa shape index (κ3) is 5.31. The molecule has 2 unspecified atom stereocenters. The number of likely N-dealkylation sites (tertiary alicyclic amines) is 2. The third-order valence-corrected chi connectivity index (χ3v) is 5.39. The van der Waals surface area contributed by atoms with Gasteiger partial charge in [-0.05, 0) is 37.0 Å². The molecule has 2 heterocycles. The first-order valence-corrected chi connectivity index (χ1v) is 9.42. The van der Waals surface area contributed by atoms with Crippen molar-refractivity contribution in [1.29, 1.82) is 0 Å². The van der Waals surface area contributed by atoms with E-state index in [0.717, 1.165) is 12.1 Å². The zero-order chi connectivity index (χ0) is 21.2. The Kier molecular flexibility index (Phi) is 6.21. The Bertz CT molecular complexity index is 732. The molecule has 0 aliphatic carbocycles. The van der Waals surface area contributed by atoms with Crippen LogP contribution < -0.4 is 0 Å². The quantitative estimate of drug-likeness (QED) is 0.723. The smallest absolute Gasteiger partial charge is 0.450 e. The van der Waals surface area contributed by atoms with Crippen LogP contribution in [-0.4, -0.2) is 70.6 Å². The van der Waals surface area contributed by atoms with Crippen molar-refractivity contribution in [3.63, 3.8) is 0 Å². The van der Waals surface area contributed by atoms with Crippen LogP contribution in [0.3, 0.4) is 0 Å². The average molecular weight is 416 g/mol. The molecule has 2 fully saturated rings. The lowest BCUT2D eigenvalue weighted by Crippen LogP contribution is -2.53. The van der Waals surface area contributed by atoms with Crippen molar-refractivity contribution in [2.75, 3.05) is 26.2 Å². The molecule has 1 aromatic rings. The van der Waals surface area contributed by atoms with E-state index in [0.29, 0.717) is 31.5 Å². The number of urea groups is 1. The summed E-state index contributed by atoms with van der Waals surface area (Å²) in [5, 5.41) is 18.6. The zero-order valence-electron chi connectivity index (χ0n) is 15.6.